The van der Waals surface area contributed by atoms with E-state index < -0.39 is 5.54 Å². The van der Waals surface area contributed by atoms with E-state index in [9.17, 15) is 0 Å². The van der Waals surface area contributed by atoms with Crippen molar-refractivity contribution in [2.75, 3.05) is 14.2 Å². The highest BCUT2D eigenvalue weighted by molar-refractivity contribution is 14.1. The van der Waals surface area contributed by atoms with Gasteiger partial charge in [-0.1, -0.05) is 6.07 Å². The molecule has 0 aliphatic rings. The van der Waals surface area contributed by atoms with Crippen molar-refractivity contribution in [3.8, 4) is 17.6 Å². The number of hydrogen-bond donors (Lipinski definition) is 1. The van der Waals surface area contributed by atoms with Crippen LogP contribution in [0.2, 0.25) is 0 Å². The van der Waals surface area contributed by atoms with E-state index in [0.29, 0.717) is 17.9 Å². The van der Waals surface area contributed by atoms with E-state index in [1.807, 2.05) is 48.0 Å². The van der Waals surface area contributed by atoms with Gasteiger partial charge in [0.1, 0.15) is 5.54 Å². The second-order valence-electron chi connectivity index (χ2n) is 3.90. The van der Waals surface area contributed by atoms with Gasteiger partial charge in [-0.2, -0.15) is 5.26 Å². The number of nitriles is 1. The maximum absolute atomic E-state index is 9.10. The van der Waals surface area contributed by atoms with Crippen molar-refractivity contribution in [2.24, 2.45) is 0 Å². The number of rotatable bonds is 5. The average Bonchev–Trinajstić information content (AvgIpc) is 2.38. The van der Waals surface area contributed by atoms with Crippen LogP contribution in [0.25, 0.3) is 0 Å². The summed E-state index contributed by atoms with van der Waals surface area (Å²) in [5.74, 6) is 1.37. The summed E-state index contributed by atoms with van der Waals surface area (Å²) in [7, 11) is 3.20. The van der Waals surface area contributed by atoms with Crippen LogP contribution in [0.3, 0.4) is 0 Å². The predicted molar refractivity (Wildman–Crippen MR) is 74.4 cm³/mol. The highest BCUT2D eigenvalue weighted by Gasteiger charge is 2.23. The molecule has 0 saturated carbocycles. The van der Waals surface area contributed by atoms with E-state index in [2.05, 4.69) is 9.60 Å². The van der Waals surface area contributed by atoms with Crippen molar-refractivity contribution >= 4 is 22.9 Å². The number of benzene rings is 1. The third kappa shape index (κ3) is 3.48. The fourth-order valence-electron chi connectivity index (χ4n) is 1.49. The zero-order valence-electron chi connectivity index (χ0n) is 10.1. The van der Waals surface area contributed by atoms with Gasteiger partial charge in [-0.25, -0.2) is 3.53 Å². The summed E-state index contributed by atoms with van der Waals surface area (Å²) in [6.45, 7) is 1.86. The average molecular weight is 346 g/mol. The summed E-state index contributed by atoms with van der Waals surface area (Å²) in [6.07, 6.45) is 0.604. The lowest BCUT2D eigenvalue weighted by molar-refractivity contribution is 0.354. The lowest BCUT2D eigenvalue weighted by Gasteiger charge is -2.20. The first kappa shape index (κ1) is 14.1. The third-order valence-electron chi connectivity index (χ3n) is 2.46. The fourth-order valence-corrected chi connectivity index (χ4v) is 1.80. The molecule has 0 aliphatic carbocycles. The number of halogens is 1. The molecular formula is C12H15IN2O2. The van der Waals surface area contributed by atoms with Crippen molar-refractivity contribution in [1.29, 1.82) is 5.26 Å². The maximum atomic E-state index is 9.10. The Balaban J connectivity index is 2.98. The van der Waals surface area contributed by atoms with Gasteiger partial charge in [-0.15, -0.1) is 0 Å². The van der Waals surface area contributed by atoms with Crippen LogP contribution in [0.4, 0.5) is 0 Å². The molecule has 0 aromatic heterocycles. The Hall–Kier alpha value is -1.00. The Labute approximate surface area is 115 Å². The maximum Gasteiger partial charge on any atom is 0.160 e. The van der Waals surface area contributed by atoms with Crippen LogP contribution >= 0.6 is 22.9 Å². The molecule has 17 heavy (non-hydrogen) atoms. The van der Waals surface area contributed by atoms with Crippen LogP contribution < -0.4 is 13.0 Å². The van der Waals surface area contributed by atoms with Crippen LogP contribution in [0.15, 0.2) is 18.2 Å². The van der Waals surface area contributed by atoms with Crippen LogP contribution in [0.5, 0.6) is 11.5 Å². The summed E-state index contributed by atoms with van der Waals surface area (Å²) in [6, 6.07) is 7.93. The molecule has 1 N–H and O–H groups in total. The molecule has 0 aliphatic heterocycles. The zero-order valence-corrected chi connectivity index (χ0v) is 12.2. The van der Waals surface area contributed by atoms with Gasteiger partial charge in [-0.05, 0) is 24.6 Å². The lowest BCUT2D eigenvalue weighted by atomic mass is 9.95. The minimum atomic E-state index is -0.583. The first-order valence-electron chi connectivity index (χ1n) is 5.08. The summed E-state index contributed by atoms with van der Waals surface area (Å²) in [4.78, 5) is 0. The molecule has 0 bridgehead atoms. The molecule has 1 atom stereocenters. The van der Waals surface area contributed by atoms with Gasteiger partial charge in [0, 0.05) is 29.3 Å². The summed E-state index contributed by atoms with van der Waals surface area (Å²) >= 11 is 2.00. The van der Waals surface area contributed by atoms with Gasteiger partial charge < -0.3 is 9.47 Å². The molecule has 4 nitrogen and oxygen atoms in total. The molecule has 0 heterocycles. The van der Waals surface area contributed by atoms with Gasteiger partial charge in [0.25, 0.3) is 0 Å². The van der Waals surface area contributed by atoms with Crippen LogP contribution in [0.1, 0.15) is 12.5 Å². The van der Waals surface area contributed by atoms with Gasteiger partial charge >= 0.3 is 0 Å². The van der Waals surface area contributed by atoms with Crippen molar-refractivity contribution in [3.05, 3.63) is 23.8 Å². The van der Waals surface area contributed by atoms with Gasteiger partial charge in [-0.3, -0.25) is 0 Å². The van der Waals surface area contributed by atoms with Crippen molar-refractivity contribution in [2.45, 2.75) is 18.9 Å². The van der Waals surface area contributed by atoms with E-state index in [1.165, 1.54) is 0 Å². The monoisotopic (exact) mass is 346 g/mol. The second kappa shape index (κ2) is 6.07. The van der Waals surface area contributed by atoms with Crippen LogP contribution in [-0.2, 0) is 6.42 Å². The Morgan fingerprint density at radius 3 is 2.47 bits per heavy atom. The van der Waals surface area contributed by atoms with Crippen molar-refractivity contribution in [1.82, 2.24) is 3.53 Å². The van der Waals surface area contributed by atoms with E-state index in [4.69, 9.17) is 14.7 Å². The number of ether oxygens (including phenoxy) is 2. The number of nitrogens with one attached hydrogen (secondary N) is 1. The first-order chi connectivity index (χ1) is 8.08. The third-order valence-corrected chi connectivity index (χ3v) is 3.65. The topological polar surface area (TPSA) is 54.3 Å². The van der Waals surface area contributed by atoms with Crippen LogP contribution in [-0.4, -0.2) is 19.8 Å². The minimum Gasteiger partial charge on any atom is -0.493 e. The van der Waals surface area contributed by atoms with Crippen LogP contribution in [0, 0.1) is 11.3 Å². The van der Waals surface area contributed by atoms with E-state index >= 15 is 0 Å². The molecule has 0 radical (unpaired) electrons. The number of hydrogen-bond acceptors (Lipinski definition) is 4. The highest BCUT2D eigenvalue weighted by atomic mass is 127. The lowest BCUT2D eigenvalue weighted by Crippen LogP contribution is -2.36. The van der Waals surface area contributed by atoms with Gasteiger partial charge in [0.15, 0.2) is 11.5 Å². The Morgan fingerprint density at radius 2 is 2.00 bits per heavy atom. The van der Waals surface area contributed by atoms with Gasteiger partial charge in [0.2, 0.25) is 0 Å². The Morgan fingerprint density at radius 1 is 1.35 bits per heavy atom. The molecule has 0 saturated heterocycles. The molecule has 0 spiro atoms. The first-order valence-corrected chi connectivity index (χ1v) is 6.16. The summed E-state index contributed by atoms with van der Waals surface area (Å²) in [5, 5.41) is 9.10. The predicted octanol–water partition coefficient (Wildman–Crippen LogP) is 2.47. The van der Waals surface area contributed by atoms with E-state index in [0.717, 1.165) is 5.56 Å². The molecule has 92 valence electrons. The fraction of sp³-hybridized carbons (Fsp3) is 0.417. The van der Waals surface area contributed by atoms with Crippen molar-refractivity contribution < 1.29 is 9.47 Å². The molecule has 0 fully saturated rings. The zero-order chi connectivity index (χ0) is 12.9. The molecule has 0 amide bonds. The summed E-state index contributed by atoms with van der Waals surface area (Å²) < 4.78 is 13.4. The smallest absolute Gasteiger partial charge is 0.160 e. The summed E-state index contributed by atoms with van der Waals surface area (Å²) in [5.41, 5.74) is 0.441. The number of methoxy groups -OCH3 is 2. The SMILES string of the molecule is COc1ccc(CC(C)(C#N)NI)cc1OC. The largest absolute Gasteiger partial charge is 0.493 e. The molecule has 1 rings (SSSR count). The molecular weight excluding hydrogens is 331 g/mol. The quantitative estimate of drug-likeness (QED) is 0.657. The normalized spacial score (nSPS) is 13.6. The Kier molecular flexibility index (Phi) is 5.02. The molecule has 1 aromatic carbocycles. The second-order valence-corrected chi connectivity index (χ2v) is 4.44. The highest BCUT2D eigenvalue weighted by Crippen LogP contribution is 2.29. The van der Waals surface area contributed by atoms with Crippen molar-refractivity contribution in [3.63, 3.8) is 0 Å². The molecule has 5 heteroatoms. The molecule has 1 unspecified atom stereocenters. The minimum absolute atomic E-state index is 0.583. The Bertz CT molecular complexity index is 431. The standard InChI is InChI=1S/C12H15IN2O2/c1-12(8-14,15-13)7-9-4-5-10(16-2)11(6-9)17-3/h4-6,15H,7H2,1-3H3. The van der Waals surface area contributed by atoms with E-state index in [-0.39, 0.29) is 0 Å². The van der Waals surface area contributed by atoms with Gasteiger partial charge in [0.05, 0.1) is 20.3 Å². The van der Waals surface area contributed by atoms with E-state index in [1.54, 1.807) is 14.2 Å². The number of nitrogens with zero attached hydrogens (tertiary/aromatic N) is 1. The molecule has 1 aromatic rings.